The Hall–Kier alpha value is -1.97. The topological polar surface area (TPSA) is 38.0 Å². The summed E-state index contributed by atoms with van der Waals surface area (Å²) in [4.78, 5) is 4.41. The van der Waals surface area contributed by atoms with Crippen LogP contribution in [0.1, 0.15) is 17.0 Å². The Morgan fingerprint density at radius 2 is 1.64 bits per heavy atom. The molecule has 0 spiro atoms. The summed E-state index contributed by atoms with van der Waals surface area (Å²) in [6, 6.07) is 12.7. The molecule has 0 fully saturated rings. The van der Waals surface area contributed by atoms with Crippen LogP contribution in [0.3, 0.4) is 0 Å². The summed E-state index contributed by atoms with van der Waals surface area (Å²) in [6.45, 7) is 0.698. The fraction of sp³-hybridized carbons (Fsp3) is 0.118. The summed E-state index contributed by atoms with van der Waals surface area (Å²) in [5.74, 6) is 1.20. The number of aromatic nitrogens is 2. The SMILES string of the molecule is Oc1ccc(Cn2ccnc2Cc2cc(Cl)cc(Cl)c2)cc1. The lowest BCUT2D eigenvalue weighted by molar-refractivity contribution is 0.475. The number of hydrogen-bond donors (Lipinski definition) is 1. The van der Waals surface area contributed by atoms with Crippen molar-refractivity contribution in [2.24, 2.45) is 0 Å². The van der Waals surface area contributed by atoms with E-state index in [1.807, 2.05) is 30.5 Å². The monoisotopic (exact) mass is 332 g/mol. The molecular formula is C17H14Cl2N2O. The lowest BCUT2D eigenvalue weighted by atomic mass is 10.1. The molecule has 1 aromatic heterocycles. The molecule has 0 saturated heterocycles. The number of aromatic hydroxyl groups is 1. The van der Waals surface area contributed by atoms with Gasteiger partial charge in [-0.25, -0.2) is 4.98 Å². The van der Waals surface area contributed by atoms with Gasteiger partial charge in [-0.3, -0.25) is 0 Å². The van der Waals surface area contributed by atoms with Gasteiger partial charge in [0.1, 0.15) is 11.6 Å². The Morgan fingerprint density at radius 3 is 2.32 bits per heavy atom. The van der Waals surface area contributed by atoms with Crippen LogP contribution >= 0.6 is 23.2 Å². The highest BCUT2D eigenvalue weighted by atomic mass is 35.5. The highest BCUT2D eigenvalue weighted by Gasteiger charge is 2.07. The van der Waals surface area contributed by atoms with Crippen molar-refractivity contribution in [3.05, 3.63) is 81.9 Å². The Kier molecular flexibility index (Phi) is 4.36. The van der Waals surface area contributed by atoms with Crippen LogP contribution in [0, 0.1) is 0 Å². The number of nitrogens with zero attached hydrogens (tertiary/aromatic N) is 2. The molecule has 112 valence electrons. The van der Waals surface area contributed by atoms with Crippen molar-refractivity contribution in [2.75, 3.05) is 0 Å². The van der Waals surface area contributed by atoms with Gasteiger partial charge in [0.15, 0.2) is 0 Å². The van der Waals surface area contributed by atoms with Gasteiger partial charge in [0.25, 0.3) is 0 Å². The van der Waals surface area contributed by atoms with Crippen molar-refractivity contribution >= 4 is 23.2 Å². The summed E-state index contributed by atoms with van der Waals surface area (Å²) < 4.78 is 2.07. The van der Waals surface area contributed by atoms with E-state index in [0.717, 1.165) is 17.0 Å². The average Bonchev–Trinajstić information content (AvgIpc) is 2.87. The molecule has 0 amide bonds. The summed E-state index contributed by atoms with van der Waals surface area (Å²) in [5.41, 5.74) is 2.12. The zero-order valence-electron chi connectivity index (χ0n) is 11.7. The van der Waals surface area contributed by atoms with E-state index >= 15 is 0 Å². The van der Waals surface area contributed by atoms with Gasteiger partial charge >= 0.3 is 0 Å². The van der Waals surface area contributed by atoms with Gasteiger partial charge in [0.05, 0.1) is 0 Å². The molecule has 3 nitrogen and oxygen atoms in total. The maximum atomic E-state index is 9.34. The maximum Gasteiger partial charge on any atom is 0.115 e. The van der Waals surface area contributed by atoms with Gasteiger partial charge in [-0.05, 0) is 41.5 Å². The lowest BCUT2D eigenvalue weighted by Crippen LogP contribution is -2.05. The third-order valence-electron chi connectivity index (χ3n) is 3.38. The van der Waals surface area contributed by atoms with Gasteiger partial charge in [0.2, 0.25) is 0 Å². The van der Waals surface area contributed by atoms with Crippen LogP contribution < -0.4 is 0 Å². The van der Waals surface area contributed by atoms with Crippen molar-refractivity contribution in [2.45, 2.75) is 13.0 Å². The minimum Gasteiger partial charge on any atom is -0.508 e. The molecule has 2 aromatic carbocycles. The Morgan fingerprint density at radius 1 is 0.955 bits per heavy atom. The standard InChI is InChI=1S/C17H14Cl2N2O/c18-14-7-13(8-15(19)10-14)9-17-20-5-6-21(17)11-12-1-3-16(22)4-2-12/h1-8,10,22H,9,11H2. The van der Waals surface area contributed by atoms with Crippen LogP contribution in [-0.4, -0.2) is 14.7 Å². The molecule has 22 heavy (non-hydrogen) atoms. The van der Waals surface area contributed by atoms with E-state index in [1.165, 1.54) is 0 Å². The quantitative estimate of drug-likeness (QED) is 0.761. The summed E-state index contributed by atoms with van der Waals surface area (Å²) in [7, 11) is 0. The minimum atomic E-state index is 0.267. The van der Waals surface area contributed by atoms with Crippen molar-refractivity contribution in [3.63, 3.8) is 0 Å². The van der Waals surface area contributed by atoms with E-state index in [2.05, 4.69) is 9.55 Å². The molecule has 1 N–H and O–H groups in total. The Balaban J connectivity index is 1.81. The second-order valence-corrected chi connectivity index (χ2v) is 5.97. The number of halogens is 2. The second-order valence-electron chi connectivity index (χ2n) is 5.09. The zero-order chi connectivity index (χ0) is 15.5. The maximum absolute atomic E-state index is 9.34. The number of rotatable bonds is 4. The summed E-state index contributed by atoms with van der Waals surface area (Å²) in [5, 5.41) is 10.6. The van der Waals surface area contributed by atoms with E-state index in [-0.39, 0.29) is 5.75 Å². The highest BCUT2D eigenvalue weighted by Crippen LogP contribution is 2.21. The first-order valence-electron chi connectivity index (χ1n) is 6.83. The lowest BCUT2D eigenvalue weighted by Gasteiger charge is -2.09. The van der Waals surface area contributed by atoms with Gasteiger partial charge in [-0.2, -0.15) is 0 Å². The molecule has 0 atom stereocenters. The third kappa shape index (κ3) is 3.62. The molecular weight excluding hydrogens is 319 g/mol. The number of hydrogen-bond acceptors (Lipinski definition) is 2. The van der Waals surface area contributed by atoms with E-state index in [0.29, 0.717) is 23.0 Å². The van der Waals surface area contributed by atoms with Crippen LogP contribution in [0.15, 0.2) is 54.9 Å². The minimum absolute atomic E-state index is 0.267. The van der Waals surface area contributed by atoms with Crippen LogP contribution in [0.2, 0.25) is 10.0 Å². The molecule has 0 bridgehead atoms. The van der Waals surface area contributed by atoms with Gasteiger partial charge in [-0.15, -0.1) is 0 Å². The first-order chi connectivity index (χ1) is 10.6. The molecule has 0 radical (unpaired) electrons. The van der Waals surface area contributed by atoms with Crippen LogP contribution in [0.5, 0.6) is 5.75 Å². The predicted molar refractivity (Wildman–Crippen MR) is 88.7 cm³/mol. The summed E-state index contributed by atoms with van der Waals surface area (Å²) >= 11 is 12.1. The Labute approximate surface area is 138 Å². The first kappa shape index (κ1) is 14.9. The normalized spacial score (nSPS) is 10.8. The molecule has 3 aromatic rings. The fourth-order valence-electron chi connectivity index (χ4n) is 2.34. The smallest absolute Gasteiger partial charge is 0.115 e. The molecule has 5 heteroatoms. The van der Waals surface area contributed by atoms with Crippen LogP contribution in [0.25, 0.3) is 0 Å². The zero-order valence-corrected chi connectivity index (χ0v) is 13.2. The number of imidazole rings is 1. The predicted octanol–water partition coefficient (Wildman–Crippen LogP) is 4.53. The molecule has 0 unspecified atom stereocenters. The van der Waals surface area contributed by atoms with Gasteiger partial charge < -0.3 is 9.67 Å². The van der Waals surface area contributed by atoms with Gasteiger partial charge in [0, 0.05) is 35.4 Å². The molecule has 0 aliphatic rings. The van der Waals surface area contributed by atoms with E-state index in [1.54, 1.807) is 24.4 Å². The van der Waals surface area contributed by atoms with E-state index in [4.69, 9.17) is 23.2 Å². The average molecular weight is 333 g/mol. The number of phenols is 1. The fourth-order valence-corrected chi connectivity index (χ4v) is 2.92. The van der Waals surface area contributed by atoms with Crippen molar-refractivity contribution in [1.82, 2.24) is 9.55 Å². The van der Waals surface area contributed by atoms with E-state index in [9.17, 15) is 5.11 Å². The molecule has 0 aliphatic heterocycles. The number of benzene rings is 2. The van der Waals surface area contributed by atoms with Crippen molar-refractivity contribution < 1.29 is 5.11 Å². The van der Waals surface area contributed by atoms with Gasteiger partial charge in [-0.1, -0.05) is 35.3 Å². The first-order valence-corrected chi connectivity index (χ1v) is 7.58. The largest absolute Gasteiger partial charge is 0.508 e. The van der Waals surface area contributed by atoms with Crippen LogP contribution in [0.4, 0.5) is 0 Å². The highest BCUT2D eigenvalue weighted by molar-refractivity contribution is 6.34. The molecule has 0 saturated carbocycles. The molecule has 0 aliphatic carbocycles. The van der Waals surface area contributed by atoms with E-state index < -0.39 is 0 Å². The van der Waals surface area contributed by atoms with Crippen molar-refractivity contribution in [1.29, 1.82) is 0 Å². The summed E-state index contributed by atoms with van der Waals surface area (Å²) in [6.07, 6.45) is 4.38. The molecule has 1 heterocycles. The van der Waals surface area contributed by atoms with Crippen LogP contribution in [-0.2, 0) is 13.0 Å². The number of phenolic OH excluding ortho intramolecular Hbond substituents is 1. The third-order valence-corrected chi connectivity index (χ3v) is 3.81. The van der Waals surface area contributed by atoms with Crippen molar-refractivity contribution in [3.8, 4) is 5.75 Å². The Bertz CT molecular complexity index is 761. The second kappa shape index (κ2) is 6.42. The molecule has 3 rings (SSSR count).